The normalized spacial score (nSPS) is 10.7. The smallest absolute Gasteiger partial charge is 0.232 e. The first kappa shape index (κ1) is 17.0. The van der Waals surface area contributed by atoms with E-state index in [1.807, 2.05) is 13.0 Å². The molecule has 7 heteroatoms. The van der Waals surface area contributed by atoms with Gasteiger partial charge in [0.25, 0.3) is 0 Å². The Morgan fingerprint density at radius 2 is 2.05 bits per heavy atom. The van der Waals surface area contributed by atoms with Gasteiger partial charge in [0.2, 0.25) is 15.9 Å². The molecule has 0 radical (unpaired) electrons. The van der Waals surface area contributed by atoms with Gasteiger partial charge in [0, 0.05) is 13.0 Å². The highest BCUT2D eigenvalue weighted by Gasteiger charge is 2.20. The molecule has 0 aliphatic carbocycles. The number of carbonyl (C=O) groups is 1. The van der Waals surface area contributed by atoms with Crippen molar-refractivity contribution >= 4 is 21.6 Å². The van der Waals surface area contributed by atoms with Crippen LogP contribution in [0.5, 0.6) is 0 Å². The van der Waals surface area contributed by atoms with Gasteiger partial charge in [-0.1, -0.05) is 19.1 Å². The second-order valence-electron chi connectivity index (χ2n) is 4.56. The first-order valence-electron chi connectivity index (χ1n) is 6.63. The number of nitriles is 1. The number of hydrogen-bond acceptors (Lipinski definition) is 4. The third-order valence-electron chi connectivity index (χ3n) is 2.81. The third-order valence-corrected chi connectivity index (χ3v) is 3.99. The molecule has 0 bridgehead atoms. The second-order valence-corrected chi connectivity index (χ2v) is 6.47. The van der Waals surface area contributed by atoms with Crippen molar-refractivity contribution in [2.24, 2.45) is 0 Å². The van der Waals surface area contributed by atoms with Crippen LogP contribution in [0.3, 0.4) is 0 Å². The van der Waals surface area contributed by atoms with Crippen molar-refractivity contribution in [2.75, 3.05) is 23.7 Å². The molecule has 0 aliphatic heterocycles. The van der Waals surface area contributed by atoms with Gasteiger partial charge in [-0.15, -0.1) is 0 Å². The van der Waals surface area contributed by atoms with Crippen molar-refractivity contribution in [1.82, 2.24) is 5.32 Å². The minimum absolute atomic E-state index is 0.0903. The maximum Gasteiger partial charge on any atom is 0.232 e. The van der Waals surface area contributed by atoms with E-state index in [2.05, 4.69) is 5.32 Å². The van der Waals surface area contributed by atoms with Gasteiger partial charge < -0.3 is 5.32 Å². The largest absolute Gasteiger partial charge is 0.354 e. The Labute approximate surface area is 125 Å². The summed E-state index contributed by atoms with van der Waals surface area (Å²) in [6, 6.07) is 8.45. The number of amides is 1. The molecule has 1 rings (SSSR count). The van der Waals surface area contributed by atoms with Crippen LogP contribution in [-0.4, -0.2) is 33.7 Å². The van der Waals surface area contributed by atoms with Crippen LogP contribution in [0, 0.1) is 11.3 Å². The van der Waals surface area contributed by atoms with Crippen LogP contribution in [0.4, 0.5) is 5.69 Å². The Bertz CT molecular complexity index is 635. The predicted molar refractivity (Wildman–Crippen MR) is 81.3 cm³/mol. The van der Waals surface area contributed by atoms with Crippen LogP contribution in [0.1, 0.15) is 25.3 Å². The fraction of sp³-hybridized carbons (Fsp3) is 0.429. The molecule has 0 unspecified atom stereocenters. The molecule has 0 saturated heterocycles. The first-order chi connectivity index (χ1) is 9.90. The van der Waals surface area contributed by atoms with E-state index in [0.717, 1.165) is 17.0 Å². The fourth-order valence-electron chi connectivity index (χ4n) is 1.86. The van der Waals surface area contributed by atoms with Crippen LogP contribution < -0.4 is 9.62 Å². The number of nitrogens with one attached hydrogen (secondary N) is 1. The highest BCUT2D eigenvalue weighted by molar-refractivity contribution is 7.92. The predicted octanol–water partition coefficient (Wildman–Crippen LogP) is 1.24. The number of benzene rings is 1. The van der Waals surface area contributed by atoms with Crippen LogP contribution in [0.25, 0.3) is 0 Å². The van der Waals surface area contributed by atoms with Crippen molar-refractivity contribution < 1.29 is 13.2 Å². The Morgan fingerprint density at radius 1 is 1.38 bits per heavy atom. The summed E-state index contributed by atoms with van der Waals surface area (Å²) in [6.07, 6.45) is 2.22. The molecular weight excluding hydrogens is 290 g/mol. The van der Waals surface area contributed by atoms with Crippen LogP contribution in [0.2, 0.25) is 0 Å². The lowest BCUT2D eigenvalue weighted by molar-refractivity contribution is -0.121. The highest BCUT2D eigenvalue weighted by atomic mass is 32.2. The topological polar surface area (TPSA) is 90.3 Å². The summed E-state index contributed by atoms with van der Waals surface area (Å²) in [6.45, 7) is 2.18. The molecule has 0 atom stereocenters. The molecule has 0 spiro atoms. The van der Waals surface area contributed by atoms with E-state index in [-0.39, 0.29) is 24.6 Å². The number of para-hydroxylation sites is 1. The second kappa shape index (κ2) is 7.64. The maximum atomic E-state index is 11.9. The number of rotatable bonds is 7. The van der Waals surface area contributed by atoms with Crippen LogP contribution in [-0.2, 0) is 14.8 Å². The summed E-state index contributed by atoms with van der Waals surface area (Å²) >= 11 is 0. The quantitative estimate of drug-likeness (QED) is 0.820. The molecule has 0 aromatic heterocycles. The molecule has 1 N–H and O–H groups in total. The average Bonchev–Trinajstić information content (AvgIpc) is 2.42. The zero-order chi connectivity index (χ0) is 15.9. The van der Waals surface area contributed by atoms with Gasteiger partial charge in [0.05, 0.1) is 24.1 Å². The summed E-state index contributed by atoms with van der Waals surface area (Å²) in [5, 5.41) is 11.7. The highest BCUT2D eigenvalue weighted by Crippen LogP contribution is 2.21. The summed E-state index contributed by atoms with van der Waals surface area (Å²) in [5.74, 6) is -0.112. The van der Waals surface area contributed by atoms with Crippen molar-refractivity contribution in [3.05, 3.63) is 29.8 Å². The molecule has 0 heterocycles. The number of hydrogen-bond donors (Lipinski definition) is 1. The summed E-state index contributed by atoms with van der Waals surface area (Å²) in [5.41, 5.74) is 0.607. The van der Waals surface area contributed by atoms with Gasteiger partial charge in [-0.2, -0.15) is 5.26 Å². The third kappa shape index (κ3) is 5.08. The van der Waals surface area contributed by atoms with Crippen molar-refractivity contribution in [3.8, 4) is 6.07 Å². The minimum atomic E-state index is -3.53. The molecule has 6 nitrogen and oxygen atoms in total. The standard InChI is InChI=1S/C14H19N3O3S/c1-3-6-14(18)16-9-10-17(21(2,19)20)13-8-5-4-7-12(13)11-15/h4-5,7-8H,3,6,9-10H2,1-2H3,(H,16,18). The van der Waals surface area contributed by atoms with E-state index < -0.39 is 10.0 Å². The monoisotopic (exact) mass is 309 g/mol. The summed E-state index contributed by atoms with van der Waals surface area (Å²) in [7, 11) is -3.53. The Kier molecular flexibility index (Phi) is 6.18. The van der Waals surface area contributed by atoms with Crippen LogP contribution in [0.15, 0.2) is 24.3 Å². The molecule has 1 aromatic carbocycles. The zero-order valence-corrected chi connectivity index (χ0v) is 13.0. The van der Waals surface area contributed by atoms with Gasteiger partial charge in [-0.05, 0) is 18.6 Å². The molecule has 1 aromatic rings. The van der Waals surface area contributed by atoms with Crippen LogP contribution >= 0.6 is 0 Å². The molecular formula is C14H19N3O3S. The molecule has 0 saturated carbocycles. The van der Waals surface area contributed by atoms with E-state index in [1.165, 1.54) is 0 Å². The van der Waals surface area contributed by atoms with Gasteiger partial charge in [-0.3, -0.25) is 9.10 Å². The number of carbonyl (C=O) groups excluding carboxylic acids is 1. The zero-order valence-electron chi connectivity index (χ0n) is 12.2. The van der Waals surface area contributed by atoms with Crippen molar-refractivity contribution in [1.29, 1.82) is 5.26 Å². The number of anilines is 1. The maximum absolute atomic E-state index is 11.9. The molecule has 114 valence electrons. The number of sulfonamides is 1. The summed E-state index contributed by atoms with van der Waals surface area (Å²) in [4.78, 5) is 11.4. The number of nitrogens with zero attached hydrogens (tertiary/aromatic N) is 2. The van der Waals surface area contributed by atoms with E-state index in [9.17, 15) is 13.2 Å². The average molecular weight is 309 g/mol. The first-order valence-corrected chi connectivity index (χ1v) is 8.48. The molecule has 21 heavy (non-hydrogen) atoms. The minimum Gasteiger partial charge on any atom is -0.354 e. The van der Waals surface area contributed by atoms with E-state index in [1.54, 1.807) is 24.3 Å². The van der Waals surface area contributed by atoms with Gasteiger partial charge >= 0.3 is 0 Å². The lowest BCUT2D eigenvalue weighted by atomic mass is 10.2. The summed E-state index contributed by atoms with van der Waals surface area (Å²) < 4.78 is 24.9. The SMILES string of the molecule is CCCC(=O)NCCN(c1ccccc1C#N)S(C)(=O)=O. The Balaban J connectivity index is 2.89. The Hall–Kier alpha value is -2.07. The van der Waals surface area contributed by atoms with Gasteiger partial charge in [0.1, 0.15) is 6.07 Å². The van der Waals surface area contributed by atoms with Gasteiger partial charge in [-0.25, -0.2) is 8.42 Å². The molecule has 0 fully saturated rings. The van der Waals surface area contributed by atoms with Crippen molar-refractivity contribution in [2.45, 2.75) is 19.8 Å². The van der Waals surface area contributed by atoms with E-state index >= 15 is 0 Å². The van der Waals surface area contributed by atoms with Crippen molar-refractivity contribution in [3.63, 3.8) is 0 Å². The van der Waals surface area contributed by atoms with E-state index in [0.29, 0.717) is 12.1 Å². The molecule has 0 aliphatic rings. The molecule has 1 amide bonds. The van der Waals surface area contributed by atoms with E-state index in [4.69, 9.17) is 5.26 Å². The lowest BCUT2D eigenvalue weighted by Gasteiger charge is -2.23. The van der Waals surface area contributed by atoms with Gasteiger partial charge in [0.15, 0.2) is 0 Å². The Morgan fingerprint density at radius 3 is 2.62 bits per heavy atom. The lowest BCUT2D eigenvalue weighted by Crippen LogP contribution is -2.38. The fourth-order valence-corrected chi connectivity index (χ4v) is 2.80.